The predicted octanol–water partition coefficient (Wildman–Crippen LogP) is -0.113. The Balaban J connectivity index is 1.80. The van der Waals surface area contributed by atoms with Gasteiger partial charge in [-0.25, -0.2) is 9.36 Å². The molecule has 1 aromatic heterocycles. The first-order chi connectivity index (χ1) is 16.0. The van der Waals surface area contributed by atoms with Crippen molar-refractivity contribution in [1.82, 2.24) is 14.0 Å². The Hall–Kier alpha value is -3.00. The number of hydrogen-bond donors (Lipinski definition) is 2. The molecule has 2 aliphatic rings. The number of benzene rings is 1. The molecule has 3 heterocycles. The number of amides is 1. The van der Waals surface area contributed by atoms with Crippen molar-refractivity contribution in [3.05, 3.63) is 68.5 Å². The summed E-state index contributed by atoms with van der Waals surface area (Å²) in [5.41, 5.74) is -2.89. The molecule has 0 radical (unpaired) electrons. The Morgan fingerprint density at radius 2 is 1.91 bits per heavy atom. The number of likely N-dealkylation sites (tertiary alicyclic amines) is 1. The fourth-order valence-electron chi connectivity index (χ4n) is 4.52. The zero-order valence-corrected chi connectivity index (χ0v) is 17.9. The molecule has 0 saturated carbocycles. The van der Waals surface area contributed by atoms with E-state index in [2.05, 4.69) is 0 Å². The van der Waals surface area contributed by atoms with Crippen LogP contribution in [0.1, 0.15) is 17.4 Å². The van der Waals surface area contributed by atoms with Crippen molar-refractivity contribution in [3.8, 4) is 0 Å². The SMILES string of the molecule is Cc1cn([C@@H]2O[C@@]3(CO)CN(C(=O)C(F)(F)F)[C@@H]2[C@H]3OCc2ccccc2)c(=O)n(CO)c1=O. The Morgan fingerprint density at radius 3 is 2.50 bits per heavy atom. The van der Waals surface area contributed by atoms with Crippen LogP contribution in [0.15, 0.2) is 46.1 Å². The van der Waals surface area contributed by atoms with E-state index in [0.717, 1.165) is 10.8 Å². The van der Waals surface area contributed by atoms with E-state index in [9.17, 15) is 37.8 Å². The normalized spacial score (nSPS) is 26.3. The van der Waals surface area contributed by atoms with E-state index in [1.807, 2.05) is 0 Å². The van der Waals surface area contributed by atoms with Gasteiger partial charge < -0.3 is 24.6 Å². The number of carbonyl (C=O) groups is 1. The Bertz CT molecular complexity index is 1200. The molecule has 1 aromatic carbocycles. The molecule has 10 nitrogen and oxygen atoms in total. The van der Waals surface area contributed by atoms with Crippen molar-refractivity contribution in [1.29, 1.82) is 0 Å². The molecule has 184 valence electrons. The number of halogens is 3. The number of hydrogen-bond acceptors (Lipinski definition) is 7. The summed E-state index contributed by atoms with van der Waals surface area (Å²) in [5, 5.41) is 19.6. The lowest BCUT2D eigenvalue weighted by molar-refractivity contribution is -0.202. The number of nitrogens with zero attached hydrogens (tertiary/aromatic N) is 3. The van der Waals surface area contributed by atoms with Crippen LogP contribution in [0.5, 0.6) is 0 Å². The maximum atomic E-state index is 13.4. The molecular formula is C21H22F3N3O7. The van der Waals surface area contributed by atoms with Gasteiger partial charge in [0.15, 0.2) is 6.23 Å². The number of morpholine rings is 1. The summed E-state index contributed by atoms with van der Waals surface area (Å²) >= 11 is 0. The van der Waals surface area contributed by atoms with E-state index < -0.39 is 67.2 Å². The second kappa shape index (κ2) is 8.65. The number of alkyl halides is 3. The summed E-state index contributed by atoms with van der Waals surface area (Å²) in [6.45, 7) is -1.09. The number of carbonyl (C=O) groups excluding carboxylic acids is 1. The molecule has 2 fully saturated rings. The molecule has 2 saturated heterocycles. The lowest BCUT2D eigenvalue weighted by Gasteiger charge is -2.37. The van der Waals surface area contributed by atoms with Crippen LogP contribution in [0.4, 0.5) is 13.2 Å². The Morgan fingerprint density at radius 1 is 1.24 bits per heavy atom. The van der Waals surface area contributed by atoms with E-state index in [1.54, 1.807) is 30.3 Å². The van der Waals surface area contributed by atoms with Crippen LogP contribution in [-0.2, 0) is 27.6 Å². The average molecular weight is 485 g/mol. The number of aliphatic hydroxyl groups is 2. The van der Waals surface area contributed by atoms with Crippen LogP contribution in [0.2, 0.25) is 0 Å². The minimum absolute atomic E-state index is 0.00789. The third kappa shape index (κ3) is 3.83. The lowest BCUT2D eigenvalue weighted by atomic mass is 10.00. The van der Waals surface area contributed by atoms with Gasteiger partial charge in [0.25, 0.3) is 5.56 Å². The topological polar surface area (TPSA) is 123 Å². The first-order valence-corrected chi connectivity index (χ1v) is 10.3. The number of aromatic nitrogens is 2. The van der Waals surface area contributed by atoms with Gasteiger partial charge in [0.2, 0.25) is 0 Å². The molecule has 13 heteroatoms. The van der Waals surface area contributed by atoms with Crippen molar-refractivity contribution < 1.29 is 37.7 Å². The second-order valence-corrected chi connectivity index (χ2v) is 8.25. The van der Waals surface area contributed by atoms with Crippen molar-refractivity contribution in [3.63, 3.8) is 0 Å². The maximum Gasteiger partial charge on any atom is 0.471 e. The predicted molar refractivity (Wildman–Crippen MR) is 108 cm³/mol. The lowest BCUT2D eigenvalue weighted by Crippen LogP contribution is -2.55. The number of ether oxygens (including phenoxy) is 2. The van der Waals surface area contributed by atoms with Crippen molar-refractivity contribution in [2.75, 3.05) is 13.2 Å². The van der Waals surface area contributed by atoms with Crippen molar-refractivity contribution in [2.45, 2.75) is 50.4 Å². The summed E-state index contributed by atoms with van der Waals surface area (Å²) in [6.07, 6.45) is -6.88. The van der Waals surface area contributed by atoms with Gasteiger partial charge in [-0.05, 0) is 12.5 Å². The van der Waals surface area contributed by atoms with Crippen molar-refractivity contribution >= 4 is 5.91 Å². The van der Waals surface area contributed by atoms with Crippen LogP contribution in [-0.4, -0.2) is 67.2 Å². The molecular weight excluding hydrogens is 463 g/mol. The van der Waals surface area contributed by atoms with Crippen LogP contribution < -0.4 is 11.2 Å². The highest BCUT2D eigenvalue weighted by atomic mass is 19.4. The first-order valence-electron chi connectivity index (χ1n) is 10.3. The Kier molecular flexibility index (Phi) is 6.14. The summed E-state index contributed by atoms with van der Waals surface area (Å²) in [6, 6.07) is 7.25. The monoisotopic (exact) mass is 485 g/mol. The van der Waals surface area contributed by atoms with Crippen LogP contribution in [0, 0.1) is 6.92 Å². The smallest absolute Gasteiger partial charge is 0.393 e. The third-order valence-electron chi connectivity index (χ3n) is 6.10. The maximum absolute atomic E-state index is 13.4. The van der Waals surface area contributed by atoms with Gasteiger partial charge in [0.1, 0.15) is 24.5 Å². The zero-order chi connectivity index (χ0) is 24.8. The fourth-order valence-corrected chi connectivity index (χ4v) is 4.52. The van der Waals surface area contributed by atoms with Gasteiger partial charge in [-0.15, -0.1) is 0 Å². The first kappa shape index (κ1) is 24.1. The summed E-state index contributed by atoms with van der Waals surface area (Å²) in [7, 11) is 0. The van der Waals surface area contributed by atoms with Crippen LogP contribution >= 0.6 is 0 Å². The minimum atomic E-state index is -5.22. The van der Waals surface area contributed by atoms with E-state index in [0.29, 0.717) is 15.0 Å². The molecule has 0 spiro atoms. The van der Waals surface area contributed by atoms with Crippen LogP contribution in [0.3, 0.4) is 0 Å². The number of rotatable bonds is 6. The van der Waals surface area contributed by atoms with Gasteiger partial charge in [0.05, 0.1) is 19.8 Å². The number of aliphatic hydroxyl groups excluding tert-OH is 2. The van der Waals surface area contributed by atoms with E-state index in [1.165, 1.54) is 6.92 Å². The van der Waals surface area contributed by atoms with E-state index in [-0.39, 0.29) is 12.2 Å². The summed E-state index contributed by atoms with van der Waals surface area (Å²) < 4.78 is 53.3. The zero-order valence-electron chi connectivity index (χ0n) is 17.9. The fraction of sp³-hybridized carbons (Fsp3) is 0.476. The highest BCUT2D eigenvalue weighted by molar-refractivity contribution is 5.83. The van der Waals surface area contributed by atoms with E-state index in [4.69, 9.17) is 9.47 Å². The van der Waals surface area contributed by atoms with Gasteiger partial charge in [-0.1, -0.05) is 30.3 Å². The molecule has 0 aliphatic carbocycles. The molecule has 2 N–H and O–H groups in total. The highest BCUT2D eigenvalue weighted by Gasteiger charge is 2.68. The molecule has 4 atom stereocenters. The molecule has 4 rings (SSSR count). The molecule has 0 unspecified atom stereocenters. The average Bonchev–Trinajstić information content (AvgIpc) is 3.30. The minimum Gasteiger partial charge on any atom is -0.393 e. The summed E-state index contributed by atoms with van der Waals surface area (Å²) in [5.74, 6) is -2.17. The Labute approximate surface area is 190 Å². The largest absolute Gasteiger partial charge is 0.471 e. The van der Waals surface area contributed by atoms with Gasteiger partial charge in [0, 0.05) is 11.8 Å². The third-order valence-corrected chi connectivity index (χ3v) is 6.10. The quantitative estimate of drug-likeness (QED) is 0.585. The molecule has 2 bridgehead atoms. The summed E-state index contributed by atoms with van der Waals surface area (Å²) in [4.78, 5) is 37.8. The standard InChI is InChI=1S/C21H22F3N3O7/c1-12-7-25(19(32)27(11-29)16(12)30)17-14-15(33-8-13-5-3-2-4-6-13)20(10-28,34-17)9-26(14)18(31)21(22,23)24/h2-7,14-15,17,28-29H,8-11H2,1H3/t14-,15-,17-,20-/m1/s1. The van der Waals surface area contributed by atoms with Crippen molar-refractivity contribution in [2.24, 2.45) is 0 Å². The number of fused-ring (bicyclic) bond motifs is 2. The second-order valence-electron chi connectivity index (χ2n) is 8.25. The molecule has 2 aliphatic heterocycles. The van der Waals surface area contributed by atoms with Crippen LogP contribution in [0.25, 0.3) is 0 Å². The molecule has 34 heavy (non-hydrogen) atoms. The van der Waals surface area contributed by atoms with Gasteiger partial charge in [-0.2, -0.15) is 13.2 Å². The van der Waals surface area contributed by atoms with Gasteiger partial charge in [-0.3, -0.25) is 14.2 Å². The molecule has 1 amide bonds. The van der Waals surface area contributed by atoms with E-state index >= 15 is 0 Å². The molecule has 2 aromatic rings. The highest BCUT2D eigenvalue weighted by Crippen LogP contribution is 2.49. The van der Waals surface area contributed by atoms with Gasteiger partial charge >= 0.3 is 17.8 Å². The number of aryl methyl sites for hydroxylation is 1.